The van der Waals surface area contributed by atoms with E-state index >= 15 is 0 Å². The molecule has 1 unspecified atom stereocenters. The van der Waals surface area contributed by atoms with Gasteiger partial charge in [0.05, 0.1) is 0 Å². The number of hydrogen-bond acceptors (Lipinski definition) is 5. The highest BCUT2D eigenvalue weighted by Crippen LogP contribution is 2.37. The van der Waals surface area contributed by atoms with Crippen LogP contribution in [0.4, 0.5) is 4.79 Å². The molecule has 0 spiro atoms. The lowest BCUT2D eigenvalue weighted by Gasteiger charge is -2.36. The second-order valence-electron chi connectivity index (χ2n) is 11.6. The van der Waals surface area contributed by atoms with Gasteiger partial charge in [-0.3, -0.25) is 0 Å². The van der Waals surface area contributed by atoms with Gasteiger partial charge < -0.3 is 19.2 Å². The first kappa shape index (κ1) is 28.7. The molecule has 1 N–H and O–H groups in total. The molecular weight excluding hydrogens is 537 g/mol. The van der Waals surface area contributed by atoms with Crippen molar-refractivity contribution in [1.82, 2.24) is 5.32 Å². The number of carbonyl (C=O) groups excluding carboxylic acids is 2. The first-order valence-electron chi connectivity index (χ1n) is 10.9. The zero-order valence-corrected chi connectivity index (χ0v) is 24.6. The Labute approximate surface area is 208 Å². The molecule has 0 saturated carbocycles. The summed E-state index contributed by atoms with van der Waals surface area (Å²) in [7, 11) is -2.02. The number of halogens is 1. The number of esters is 1. The van der Waals surface area contributed by atoms with Crippen LogP contribution in [0.25, 0.3) is 0 Å². The SMILES string of the molecule is CC(C)(C)OC(=O)NC(Cc1cc(O[Si](C)(C)C(C)(C)C)ccc1I)C(=O)OC(C)(C)C. The van der Waals surface area contributed by atoms with Gasteiger partial charge in [0, 0.05) is 9.99 Å². The van der Waals surface area contributed by atoms with Crippen LogP contribution in [0.3, 0.4) is 0 Å². The van der Waals surface area contributed by atoms with E-state index < -0.39 is 37.6 Å². The number of benzene rings is 1. The molecule has 182 valence electrons. The molecule has 8 heteroatoms. The molecule has 0 aliphatic carbocycles. The van der Waals surface area contributed by atoms with Crippen molar-refractivity contribution in [2.45, 2.75) is 104 Å². The van der Waals surface area contributed by atoms with Crippen molar-refractivity contribution in [3.05, 3.63) is 27.3 Å². The number of ether oxygens (including phenoxy) is 2. The largest absolute Gasteiger partial charge is 0.543 e. The maximum absolute atomic E-state index is 12.9. The molecule has 32 heavy (non-hydrogen) atoms. The molecule has 1 rings (SSSR count). The first-order chi connectivity index (χ1) is 14.2. The number of alkyl carbamates (subject to hydrolysis) is 1. The van der Waals surface area contributed by atoms with Gasteiger partial charge in [0.1, 0.15) is 23.0 Å². The van der Waals surface area contributed by atoms with Gasteiger partial charge in [-0.15, -0.1) is 0 Å². The first-order valence-corrected chi connectivity index (χ1v) is 14.9. The Balaban J connectivity index is 3.19. The zero-order valence-electron chi connectivity index (χ0n) is 21.4. The van der Waals surface area contributed by atoms with Crippen LogP contribution < -0.4 is 9.74 Å². The minimum absolute atomic E-state index is 0.0630. The topological polar surface area (TPSA) is 73.9 Å². The lowest BCUT2D eigenvalue weighted by Crippen LogP contribution is -2.47. The number of carbonyl (C=O) groups is 2. The number of amides is 1. The summed E-state index contributed by atoms with van der Waals surface area (Å²) in [6.07, 6.45) is -0.391. The highest BCUT2D eigenvalue weighted by Gasteiger charge is 2.39. The Kier molecular flexibility index (Phi) is 9.27. The van der Waals surface area contributed by atoms with Crippen molar-refractivity contribution >= 4 is 43.0 Å². The molecule has 1 aromatic carbocycles. The molecule has 0 aromatic heterocycles. The third-order valence-electron chi connectivity index (χ3n) is 5.00. The average molecular weight is 578 g/mol. The summed E-state index contributed by atoms with van der Waals surface area (Å²) in [4.78, 5) is 25.3. The zero-order chi connectivity index (χ0) is 25.1. The third-order valence-corrected chi connectivity index (χ3v) is 10.4. The fourth-order valence-electron chi connectivity index (χ4n) is 2.45. The molecule has 0 saturated heterocycles. The predicted octanol–water partition coefficient (Wildman–Crippen LogP) is 6.45. The molecular formula is C24H40INO5Si. The van der Waals surface area contributed by atoms with Crippen molar-refractivity contribution in [2.75, 3.05) is 0 Å². The molecule has 6 nitrogen and oxygen atoms in total. The molecule has 1 atom stereocenters. The van der Waals surface area contributed by atoms with Crippen LogP contribution in [-0.4, -0.2) is 37.6 Å². The summed E-state index contributed by atoms with van der Waals surface area (Å²) in [6, 6.07) is 4.99. The van der Waals surface area contributed by atoms with E-state index in [4.69, 9.17) is 13.9 Å². The van der Waals surface area contributed by atoms with E-state index in [1.165, 1.54) is 0 Å². The molecule has 0 bridgehead atoms. The molecule has 1 aromatic rings. The van der Waals surface area contributed by atoms with Crippen LogP contribution in [0, 0.1) is 3.57 Å². The van der Waals surface area contributed by atoms with Crippen LogP contribution in [0.2, 0.25) is 18.1 Å². The molecule has 0 aliphatic rings. The highest BCUT2D eigenvalue weighted by atomic mass is 127. The average Bonchev–Trinajstić information content (AvgIpc) is 2.52. The number of hydrogen-bond donors (Lipinski definition) is 1. The van der Waals surface area contributed by atoms with Crippen LogP contribution in [-0.2, 0) is 20.7 Å². The predicted molar refractivity (Wildman–Crippen MR) is 140 cm³/mol. The second kappa shape index (κ2) is 10.3. The lowest BCUT2D eigenvalue weighted by molar-refractivity contribution is -0.157. The summed E-state index contributed by atoms with van der Waals surface area (Å²) in [5.41, 5.74) is -0.451. The third kappa shape index (κ3) is 9.68. The quantitative estimate of drug-likeness (QED) is 0.239. The van der Waals surface area contributed by atoms with Gasteiger partial charge in [-0.2, -0.15) is 0 Å². The summed E-state index contributed by atoms with van der Waals surface area (Å²) < 4.78 is 18.3. The summed E-state index contributed by atoms with van der Waals surface area (Å²) in [5, 5.41) is 2.76. The molecule has 0 radical (unpaired) electrons. The maximum Gasteiger partial charge on any atom is 0.408 e. The van der Waals surface area contributed by atoms with Crippen LogP contribution in [0.5, 0.6) is 5.75 Å². The monoisotopic (exact) mass is 577 g/mol. The van der Waals surface area contributed by atoms with Crippen molar-refractivity contribution in [3.8, 4) is 5.75 Å². The smallest absolute Gasteiger partial charge is 0.408 e. The van der Waals surface area contributed by atoms with E-state index in [0.717, 1.165) is 14.9 Å². The Morgan fingerprint density at radius 3 is 1.97 bits per heavy atom. The van der Waals surface area contributed by atoms with Crippen LogP contribution in [0.1, 0.15) is 67.9 Å². The van der Waals surface area contributed by atoms with Gasteiger partial charge in [0.2, 0.25) is 8.32 Å². The van der Waals surface area contributed by atoms with E-state index in [1.807, 2.05) is 18.2 Å². The Hall–Kier alpha value is -1.29. The summed E-state index contributed by atoms with van der Waals surface area (Å²) in [5.74, 6) is 0.266. The molecule has 1 amide bonds. The van der Waals surface area contributed by atoms with Crippen LogP contribution in [0.15, 0.2) is 18.2 Å². The van der Waals surface area contributed by atoms with E-state index in [9.17, 15) is 9.59 Å². The summed E-state index contributed by atoms with van der Waals surface area (Å²) in [6.45, 7) is 21.7. The van der Waals surface area contributed by atoms with Gasteiger partial charge in [-0.05, 0) is 106 Å². The van der Waals surface area contributed by atoms with Gasteiger partial charge in [-0.25, -0.2) is 9.59 Å². The normalized spacial score (nSPS) is 13.9. The number of nitrogens with one attached hydrogen (secondary N) is 1. The van der Waals surface area contributed by atoms with E-state index in [1.54, 1.807) is 41.5 Å². The molecule has 0 fully saturated rings. The Morgan fingerprint density at radius 1 is 0.969 bits per heavy atom. The minimum Gasteiger partial charge on any atom is -0.543 e. The minimum atomic E-state index is -2.02. The fraction of sp³-hybridized carbons (Fsp3) is 0.667. The lowest BCUT2D eigenvalue weighted by atomic mass is 10.1. The van der Waals surface area contributed by atoms with Crippen molar-refractivity contribution in [3.63, 3.8) is 0 Å². The molecule has 0 aliphatic heterocycles. The maximum atomic E-state index is 12.9. The van der Waals surface area contributed by atoms with Crippen molar-refractivity contribution < 1.29 is 23.5 Å². The van der Waals surface area contributed by atoms with Crippen LogP contribution >= 0.6 is 22.6 Å². The van der Waals surface area contributed by atoms with Gasteiger partial charge in [-0.1, -0.05) is 20.8 Å². The van der Waals surface area contributed by atoms with E-state index in [-0.39, 0.29) is 11.5 Å². The van der Waals surface area contributed by atoms with E-state index in [2.05, 4.69) is 61.8 Å². The van der Waals surface area contributed by atoms with Gasteiger partial charge in [0.25, 0.3) is 0 Å². The van der Waals surface area contributed by atoms with Crippen molar-refractivity contribution in [2.24, 2.45) is 0 Å². The van der Waals surface area contributed by atoms with E-state index in [0.29, 0.717) is 0 Å². The van der Waals surface area contributed by atoms with Gasteiger partial charge in [0.15, 0.2) is 0 Å². The fourth-order valence-corrected chi connectivity index (χ4v) is 4.03. The highest BCUT2D eigenvalue weighted by molar-refractivity contribution is 14.1. The van der Waals surface area contributed by atoms with Crippen molar-refractivity contribution in [1.29, 1.82) is 0 Å². The van der Waals surface area contributed by atoms with Gasteiger partial charge >= 0.3 is 12.1 Å². The standard InChI is InChI=1S/C24H40INO5Si/c1-22(2,3)29-20(27)19(26-21(28)30-23(4,5)6)15-16-14-17(12-13-18(16)25)31-32(10,11)24(7,8)9/h12-14,19H,15H2,1-11H3,(H,26,28). The second-order valence-corrected chi connectivity index (χ2v) is 17.4. The Bertz CT molecular complexity index is 819. The Morgan fingerprint density at radius 2 is 1.50 bits per heavy atom. The molecule has 0 heterocycles. The summed E-state index contributed by atoms with van der Waals surface area (Å²) >= 11 is 2.23. The number of rotatable bonds is 6.